The van der Waals surface area contributed by atoms with Crippen molar-refractivity contribution in [2.45, 2.75) is 6.54 Å². The summed E-state index contributed by atoms with van der Waals surface area (Å²) in [4.78, 5) is 4.15. The Hall–Kier alpha value is -2.07. The van der Waals surface area contributed by atoms with Gasteiger partial charge in [0.15, 0.2) is 0 Å². The molecule has 0 unspecified atom stereocenters. The van der Waals surface area contributed by atoms with Crippen LogP contribution < -0.4 is 5.32 Å². The van der Waals surface area contributed by atoms with Crippen molar-refractivity contribution in [3.8, 4) is 5.75 Å². The summed E-state index contributed by atoms with van der Waals surface area (Å²) in [5.74, 6) is 0.185. The molecule has 1 heterocycles. The lowest BCUT2D eigenvalue weighted by molar-refractivity contribution is 0.472. The van der Waals surface area contributed by atoms with Crippen LogP contribution in [0.2, 0.25) is 0 Å². The van der Waals surface area contributed by atoms with Gasteiger partial charge in [0.2, 0.25) is 0 Å². The normalized spacial score (nSPS) is 10.7. The van der Waals surface area contributed by atoms with Crippen LogP contribution in [-0.4, -0.2) is 10.1 Å². The lowest BCUT2D eigenvalue weighted by atomic mass is 10.1. The zero-order chi connectivity index (χ0) is 13.9. The number of hydrogen-bond acceptors (Lipinski definition) is 3. The summed E-state index contributed by atoms with van der Waals surface area (Å²) in [6, 6.07) is 15.9. The number of anilines is 1. The second kappa shape index (κ2) is 5.51. The predicted molar refractivity (Wildman–Crippen MR) is 84.9 cm³/mol. The first-order valence-corrected chi connectivity index (χ1v) is 7.07. The van der Waals surface area contributed by atoms with Gasteiger partial charge in [0.05, 0.1) is 18.4 Å². The van der Waals surface area contributed by atoms with Gasteiger partial charge in [-0.25, -0.2) is 0 Å². The third kappa shape index (κ3) is 2.91. The third-order valence-corrected chi connectivity index (χ3v) is 3.58. The maximum Gasteiger partial charge on any atom is 0.133 e. The number of halogens is 1. The van der Waals surface area contributed by atoms with Crippen molar-refractivity contribution in [3.63, 3.8) is 0 Å². The van der Waals surface area contributed by atoms with Gasteiger partial charge in [-0.1, -0.05) is 28.1 Å². The van der Waals surface area contributed by atoms with E-state index in [0.29, 0.717) is 6.54 Å². The highest BCUT2D eigenvalue weighted by Gasteiger charge is 1.99. The Bertz CT molecular complexity index is 741. The SMILES string of the molecule is Oc1ccc(CNc2ccc3cc(Br)ccc3c2)nc1. The summed E-state index contributed by atoms with van der Waals surface area (Å²) in [6.45, 7) is 0.627. The van der Waals surface area contributed by atoms with Crippen LogP contribution in [-0.2, 0) is 6.54 Å². The Morgan fingerprint density at radius 1 is 1.00 bits per heavy atom. The van der Waals surface area contributed by atoms with Crippen LogP contribution in [0.15, 0.2) is 59.2 Å². The van der Waals surface area contributed by atoms with Crippen LogP contribution in [0, 0.1) is 0 Å². The number of aromatic hydroxyl groups is 1. The van der Waals surface area contributed by atoms with Gasteiger partial charge in [-0.05, 0) is 47.2 Å². The number of fused-ring (bicyclic) bond motifs is 1. The molecule has 0 amide bonds. The fraction of sp³-hybridized carbons (Fsp3) is 0.0625. The van der Waals surface area contributed by atoms with Gasteiger partial charge in [0.25, 0.3) is 0 Å². The van der Waals surface area contributed by atoms with Gasteiger partial charge in [-0.2, -0.15) is 0 Å². The first-order valence-electron chi connectivity index (χ1n) is 6.28. The van der Waals surface area contributed by atoms with Crippen molar-refractivity contribution < 1.29 is 5.11 Å². The van der Waals surface area contributed by atoms with Gasteiger partial charge in [-0.15, -0.1) is 0 Å². The van der Waals surface area contributed by atoms with Crippen LogP contribution in [0.5, 0.6) is 5.75 Å². The minimum atomic E-state index is 0.185. The maximum atomic E-state index is 9.20. The molecule has 0 spiro atoms. The van der Waals surface area contributed by atoms with Gasteiger partial charge in [0, 0.05) is 10.2 Å². The molecule has 1 aromatic heterocycles. The average Bonchev–Trinajstić information content (AvgIpc) is 2.46. The standard InChI is InChI=1S/C16H13BrN2O/c17-13-3-1-12-8-14(4-2-11(12)7-13)18-9-15-5-6-16(20)10-19-15/h1-8,10,18,20H,9H2. The molecule has 0 bridgehead atoms. The summed E-state index contributed by atoms with van der Waals surface area (Å²) in [7, 11) is 0. The Morgan fingerprint density at radius 2 is 1.80 bits per heavy atom. The van der Waals surface area contributed by atoms with Crippen molar-refractivity contribution >= 4 is 32.4 Å². The largest absolute Gasteiger partial charge is 0.506 e. The molecule has 0 saturated carbocycles. The molecule has 0 saturated heterocycles. The molecular formula is C16H13BrN2O. The maximum absolute atomic E-state index is 9.20. The molecule has 4 heteroatoms. The van der Waals surface area contributed by atoms with Gasteiger partial charge < -0.3 is 10.4 Å². The molecule has 2 N–H and O–H groups in total. The highest BCUT2D eigenvalue weighted by molar-refractivity contribution is 9.10. The lowest BCUT2D eigenvalue weighted by Crippen LogP contribution is -2.00. The van der Waals surface area contributed by atoms with E-state index in [9.17, 15) is 5.11 Å². The monoisotopic (exact) mass is 328 g/mol. The average molecular weight is 329 g/mol. The summed E-state index contributed by atoms with van der Waals surface area (Å²) in [5, 5.41) is 14.9. The molecular weight excluding hydrogens is 316 g/mol. The number of nitrogens with one attached hydrogen (secondary N) is 1. The van der Waals surface area contributed by atoms with Crippen molar-refractivity contribution in [1.82, 2.24) is 4.98 Å². The Labute approximate surface area is 125 Å². The van der Waals surface area contributed by atoms with E-state index in [4.69, 9.17) is 0 Å². The minimum absolute atomic E-state index is 0.185. The molecule has 3 rings (SSSR count). The van der Waals surface area contributed by atoms with Crippen LogP contribution in [0.25, 0.3) is 10.8 Å². The van der Waals surface area contributed by atoms with Gasteiger partial charge >= 0.3 is 0 Å². The Balaban J connectivity index is 1.77. The number of rotatable bonds is 3. The van der Waals surface area contributed by atoms with Crippen LogP contribution in [0.4, 0.5) is 5.69 Å². The number of pyridine rings is 1. The van der Waals surface area contributed by atoms with E-state index in [2.05, 4.69) is 56.6 Å². The molecule has 0 fully saturated rings. The van der Waals surface area contributed by atoms with E-state index in [1.807, 2.05) is 6.07 Å². The summed E-state index contributed by atoms with van der Waals surface area (Å²) in [6.07, 6.45) is 1.45. The first kappa shape index (κ1) is 12.9. The highest BCUT2D eigenvalue weighted by Crippen LogP contribution is 2.23. The Kier molecular flexibility index (Phi) is 3.56. The van der Waals surface area contributed by atoms with Crippen molar-refractivity contribution in [3.05, 3.63) is 64.9 Å². The summed E-state index contributed by atoms with van der Waals surface area (Å²) >= 11 is 3.47. The molecule has 0 radical (unpaired) electrons. The van der Waals surface area contributed by atoms with E-state index in [0.717, 1.165) is 15.9 Å². The molecule has 3 nitrogen and oxygen atoms in total. The number of hydrogen-bond donors (Lipinski definition) is 2. The van der Waals surface area contributed by atoms with E-state index in [-0.39, 0.29) is 5.75 Å². The predicted octanol–water partition coefficient (Wildman–Crippen LogP) is 4.32. The van der Waals surface area contributed by atoms with Crippen LogP contribution in [0.1, 0.15) is 5.69 Å². The molecule has 20 heavy (non-hydrogen) atoms. The van der Waals surface area contributed by atoms with Crippen LogP contribution >= 0.6 is 15.9 Å². The minimum Gasteiger partial charge on any atom is -0.506 e. The van der Waals surface area contributed by atoms with E-state index >= 15 is 0 Å². The second-order valence-electron chi connectivity index (χ2n) is 4.57. The van der Waals surface area contributed by atoms with E-state index < -0.39 is 0 Å². The van der Waals surface area contributed by atoms with Gasteiger partial charge in [-0.3, -0.25) is 4.98 Å². The topological polar surface area (TPSA) is 45.1 Å². The van der Waals surface area contributed by atoms with E-state index in [1.165, 1.54) is 17.0 Å². The molecule has 0 aliphatic heterocycles. The second-order valence-corrected chi connectivity index (χ2v) is 5.48. The smallest absolute Gasteiger partial charge is 0.133 e. The fourth-order valence-corrected chi connectivity index (χ4v) is 2.42. The van der Waals surface area contributed by atoms with Crippen LogP contribution in [0.3, 0.4) is 0 Å². The number of aromatic nitrogens is 1. The highest BCUT2D eigenvalue weighted by atomic mass is 79.9. The van der Waals surface area contributed by atoms with Crippen molar-refractivity contribution in [1.29, 1.82) is 0 Å². The molecule has 0 atom stereocenters. The first-order chi connectivity index (χ1) is 9.70. The molecule has 0 aliphatic rings. The quantitative estimate of drug-likeness (QED) is 0.752. The number of benzene rings is 2. The molecule has 0 aliphatic carbocycles. The van der Waals surface area contributed by atoms with Crippen molar-refractivity contribution in [2.75, 3.05) is 5.32 Å². The zero-order valence-corrected chi connectivity index (χ0v) is 12.3. The molecule has 100 valence electrons. The van der Waals surface area contributed by atoms with Gasteiger partial charge in [0.1, 0.15) is 5.75 Å². The summed E-state index contributed by atoms with van der Waals surface area (Å²) < 4.78 is 1.08. The zero-order valence-electron chi connectivity index (χ0n) is 10.7. The van der Waals surface area contributed by atoms with E-state index in [1.54, 1.807) is 12.1 Å². The fourth-order valence-electron chi connectivity index (χ4n) is 2.04. The third-order valence-electron chi connectivity index (χ3n) is 3.09. The van der Waals surface area contributed by atoms with Crippen molar-refractivity contribution in [2.24, 2.45) is 0 Å². The molecule has 2 aromatic carbocycles. The number of nitrogens with zero attached hydrogens (tertiary/aromatic N) is 1. The molecule has 3 aromatic rings. The lowest BCUT2D eigenvalue weighted by Gasteiger charge is -2.07. The summed E-state index contributed by atoms with van der Waals surface area (Å²) in [5.41, 5.74) is 1.94. The Morgan fingerprint density at radius 3 is 2.60 bits per heavy atom.